The zero-order valence-electron chi connectivity index (χ0n) is 17.8. The molecule has 4 atom stereocenters. The van der Waals surface area contributed by atoms with E-state index in [0.29, 0.717) is 5.56 Å². The lowest BCUT2D eigenvalue weighted by atomic mass is 10.0. The van der Waals surface area contributed by atoms with Crippen LogP contribution in [-0.4, -0.2) is 81.5 Å². The summed E-state index contributed by atoms with van der Waals surface area (Å²) in [5.41, 5.74) is 6.21. The number of rotatable bonds is 12. The minimum Gasteiger partial charge on any atom is -0.508 e. The summed E-state index contributed by atoms with van der Waals surface area (Å²) in [6.07, 6.45) is -0.115. The average Bonchev–Trinajstić information content (AvgIpc) is 2.75. The first-order valence-corrected chi connectivity index (χ1v) is 9.89. The molecular formula is C20H30N4O8. The number of nitrogens with one attached hydrogen (secondary N) is 3. The number of carboxylic acids is 1. The summed E-state index contributed by atoms with van der Waals surface area (Å²) < 4.78 is 0. The molecule has 0 aliphatic heterocycles. The number of hydrogen-bond donors (Lipinski definition) is 8. The van der Waals surface area contributed by atoms with Crippen molar-refractivity contribution in [1.82, 2.24) is 16.0 Å². The van der Waals surface area contributed by atoms with Gasteiger partial charge in [0.25, 0.3) is 0 Å². The zero-order chi connectivity index (χ0) is 24.4. The fourth-order valence-corrected chi connectivity index (χ4v) is 2.57. The third-order valence-electron chi connectivity index (χ3n) is 4.64. The van der Waals surface area contributed by atoms with Crippen molar-refractivity contribution in [3.63, 3.8) is 0 Å². The molecule has 0 bridgehead atoms. The molecule has 0 radical (unpaired) electrons. The van der Waals surface area contributed by atoms with Crippen LogP contribution in [0.1, 0.15) is 19.4 Å². The Balaban J connectivity index is 2.79. The van der Waals surface area contributed by atoms with Crippen molar-refractivity contribution in [3.8, 4) is 5.75 Å². The summed E-state index contributed by atoms with van der Waals surface area (Å²) in [6.45, 7) is 1.74. The molecule has 9 N–H and O–H groups in total. The Hall–Kier alpha value is -3.22. The Bertz CT molecular complexity index is 799. The number of carbonyl (C=O) groups excluding carboxylic acids is 3. The molecule has 12 heteroatoms. The van der Waals surface area contributed by atoms with Crippen LogP contribution in [0.15, 0.2) is 24.3 Å². The molecule has 0 aliphatic carbocycles. The van der Waals surface area contributed by atoms with Gasteiger partial charge in [0.15, 0.2) is 0 Å². The fourth-order valence-electron chi connectivity index (χ4n) is 2.57. The second-order valence-electron chi connectivity index (χ2n) is 7.53. The SMILES string of the molecule is CC(C)C(N)C(=O)NC(CO)C(=O)NC(CO)C(=O)NC(Cc1ccc(O)cc1)C(=O)O. The summed E-state index contributed by atoms with van der Waals surface area (Å²) in [4.78, 5) is 48.4. The minimum atomic E-state index is -1.53. The number of benzene rings is 1. The second kappa shape index (κ2) is 12.6. The van der Waals surface area contributed by atoms with Crippen LogP contribution in [0.3, 0.4) is 0 Å². The van der Waals surface area contributed by atoms with Gasteiger partial charge < -0.3 is 42.1 Å². The van der Waals surface area contributed by atoms with E-state index in [2.05, 4.69) is 16.0 Å². The number of amides is 3. The van der Waals surface area contributed by atoms with Gasteiger partial charge in [0.2, 0.25) is 17.7 Å². The van der Waals surface area contributed by atoms with Gasteiger partial charge in [-0.15, -0.1) is 0 Å². The maximum absolute atomic E-state index is 12.4. The minimum absolute atomic E-state index is 0.00686. The van der Waals surface area contributed by atoms with Crippen molar-refractivity contribution in [1.29, 1.82) is 0 Å². The number of phenolic OH excluding ortho intramolecular Hbond substituents is 1. The predicted molar refractivity (Wildman–Crippen MR) is 112 cm³/mol. The second-order valence-corrected chi connectivity index (χ2v) is 7.53. The van der Waals surface area contributed by atoms with Gasteiger partial charge in [-0.25, -0.2) is 4.79 Å². The van der Waals surface area contributed by atoms with Crippen molar-refractivity contribution < 1.29 is 39.6 Å². The van der Waals surface area contributed by atoms with Gasteiger partial charge in [0, 0.05) is 6.42 Å². The molecule has 1 aromatic rings. The highest BCUT2D eigenvalue weighted by Crippen LogP contribution is 2.11. The van der Waals surface area contributed by atoms with Gasteiger partial charge in [-0.3, -0.25) is 14.4 Å². The number of carbonyl (C=O) groups is 4. The summed E-state index contributed by atoms with van der Waals surface area (Å²) in [7, 11) is 0. The van der Waals surface area contributed by atoms with Crippen LogP contribution in [0.25, 0.3) is 0 Å². The predicted octanol–water partition coefficient (Wildman–Crippen LogP) is -2.56. The van der Waals surface area contributed by atoms with Crippen LogP contribution in [0, 0.1) is 5.92 Å². The van der Waals surface area contributed by atoms with Crippen molar-refractivity contribution in [2.45, 2.75) is 44.4 Å². The number of hydrogen-bond acceptors (Lipinski definition) is 8. The van der Waals surface area contributed by atoms with Gasteiger partial charge in [-0.1, -0.05) is 26.0 Å². The van der Waals surface area contributed by atoms with Gasteiger partial charge >= 0.3 is 5.97 Å². The van der Waals surface area contributed by atoms with E-state index >= 15 is 0 Å². The van der Waals surface area contributed by atoms with E-state index in [1.54, 1.807) is 13.8 Å². The summed E-state index contributed by atoms with van der Waals surface area (Å²) in [6, 6.07) is 0.427. The molecule has 0 fully saturated rings. The molecule has 1 rings (SSSR count). The zero-order valence-corrected chi connectivity index (χ0v) is 17.8. The molecule has 0 aromatic heterocycles. The van der Waals surface area contributed by atoms with Crippen LogP contribution in [0.5, 0.6) is 5.75 Å². The first kappa shape index (κ1) is 26.8. The Morgan fingerprint density at radius 2 is 1.28 bits per heavy atom. The molecule has 0 heterocycles. The van der Waals surface area contributed by atoms with E-state index in [1.165, 1.54) is 24.3 Å². The monoisotopic (exact) mass is 454 g/mol. The van der Waals surface area contributed by atoms with Crippen molar-refractivity contribution in [2.24, 2.45) is 11.7 Å². The summed E-state index contributed by atoms with van der Waals surface area (Å²) in [5, 5.41) is 44.3. The molecule has 0 spiro atoms. The fraction of sp³-hybridized carbons (Fsp3) is 0.500. The highest BCUT2D eigenvalue weighted by molar-refractivity contribution is 5.94. The normalized spacial score (nSPS) is 14.7. The molecular weight excluding hydrogens is 424 g/mol. The lowest BCUT2D eigenvalue weighted by molar-refractivity contribution is -0.142. The van der Waals surface area contributed by atoms with Gasteiger partial charge in [-0.05, 0) is 23.6 Å². The standard InChI is InChI=1S/C20H30N4O8/c1-10(2)16(21)19(30)24-15(9-26)18(29)23-14(8-25)17(28)22-13(20(31)32)7-11-3-5-12(27)6-4-11/h3-6,10,13-16,25-27H,7-9,21H2,1-2H3,(H,22,28)(H,23,29)(H,24,30)(H,31,32). The van der Waals surface area contributed by atoms with E-state index < -0.39 is 61.1 Å². The molecule has 12 nitrogen and oxygen atoms in total. The van der Waals surface area contributed by atoms with Gasteiger partial charge in [0.1, 0.15) is 23.9 Å². The Morgan fingerprint density at radius 1 is 0.844 bits per heavy atom. The molecule has 4 unspecified atom stereocenters. The summed E-state index contributed by atoms with van der Waals surface area (Å²) >= 11 is 0. The van der Waals surface area contributed by atoms with Crippen LogP contribution < -0.4 is 21.7 Å². The Morgan fingerprint density at radius 3 is 1.69 bits per heavy atom. The molecule has 0 aliphatic rings. The first-order valence-electron chi connectivity index (χ1n) is 9.89. The molecule has 0 saturated heterocycles. The first-order chi connectivity index (χ1) is 15.0. The highest BCUT2D eigenvalue weighted by atomic mass is 16.4. The van der Waals surface area contributed by atoms with Crippen LogP contribution in [0.2, 0.25) is 0 Å². The number of aliphatic carboxylic acids is 1. The number of phenols is 1. The van der Waals surface area contributed by atoms with Crippen LogP contribution in [-0.2, 0) is 25.6 Å². The number of carboxylic acid groups (broad SMARTS) is 1. The Labute approximate surface area is 184 Å². The van der Waals surface area contributed by atoms with Crippen molar-refractivity contribution >= 4 is 23.7 Å². The third-order valence-corrected chi connectivity index (χ3v) is 4.64. The van der Waals surface area contributed by atoms with Gasteiger partial charge in [-0.2, -0.15) is 0 Å². The number of aromatic hydroxyl groups is 1. The third kappa shape index (κ3) is 8.13. The smallest absolute Gasteiger partial charge is 0.326 e. The summed E-state index contributed by atoms with van der Waals surface area (Å²) in [5.74, 6) is -4.20. The maximum atomic E-state index is 12.4. The molecule has 32 heavy (non-hydrogen) atoms. The lowest BCUT2D eigenvalue weighted by Gasteiger charge is -2.24. The molecule has 178 valence electrons. The van der Waals surface area contributed by atoms with Crippen LogP contribution >= 0.6 is 0 Å². The molecule has 1 aromatic carbocycles. The van der Waals surface area contributed by atoms with Gasteiger partial charge in [0.05, 0.1) is 19.3 Å². The number of nitrogens with two attached hydrogens (primary N) is 1. The van der Waals surface area contributed by atoms with E-state index in [1.807, 2.05) is 0 Å². The topological polar surface area (TPSA) is 211 Å². The van der Waals surface area contributed by atoms with E-state index in [0.717, 1.165) is 0 Å². The van der Waals surface area contributed by atoms with Crippen molar-refractivity contribution in [3.05, 3.63) is 29.8 Å². The Kier molecular flexibility index (Phi) is 10.5. The van der Waals surface area contributed by atoms with E-state index in [9.17, 15) is 39.6 Å². The van der Waals surface area contributed by atoms with Crippen LogP contribution in [0.4, 0.5) is 0 Å². The maximum Gasteiger partial charge on any atom is 0.326 e. The lowest BCUT2D eigenvalue weighted by Crippen LogP contribution is -2.59. The number of aliphatic hydroxyl groups excluding tert-OH is 2. The average molecular weight is 454 g/mol. The van der Waals surface area contributed by atoms with E-state index in [-0.39, 0.29) is 18.1 Å². The molecule has 3 amide bonds. The quantitative estimate of drug-likeness (QED) is 0.167. The highest BCUT2D eigenvalue weighted by Gasteiger charge is 2.30. The number of aliphatic hydroxyl groups is 2. The van der Waals surface area contributed by atoms with Crippen molar-refractivity contribution in [2.75, 3.05) is 13.2 Å². The van der Waals surface area contributed by atoms with E-state index in [4.69, 9.17) is 5.73 Å². The molecule has 0 saturated carbocycles. The largest absolute Gasteiger partial charge is 0.508 e.